The molecule has 0 spiro atoms. The fraction of sp³-hybridized carbons (Fsp3) is 0.524. The number of nitrogens with zero attached hydrogens (tertiary/aromatic N) is 6. The van der Waals surface area contributed by atoms with Crippen LogP contribution >= 0.6 is 0 Å². The molecular formula is C21H28N6O. The molecule has 7 heteroatoms. The summed E-state index contributed by atoms with van der Waals surface area (Å²) < 4.78 is 7.48. The summed E-state index contributed by atoms with van der Waals surface area (Å²) in [5, 5.41) is 8.68. The zero-order chi connectivity index (χ0) is 19.7. The van der Waals surface area contributed by atoms with Crippen molar-refractivity contribution < 1.29 is 4.52 Å². The molecule has 0 radical (unpaired) electrons. The van der Waals surface area contributed by atoms with Crippen LogP contribution in [-0.2, 0) is 13.5 Å². The molecule has 1 aliphatic heterocycles. The van der Waals surface area contributed by atoms with Crippen molar-refractivity contribution in [2.24, 2.45) is 7.05 Å². The Kier molecular flexibility index (Phi) is 5.15. The summed E-state index contributed by atoms with van der Waals surface area (Å²) in [5.74, 6) is 2.41. The summed E-state index contributed by atoms with van der Waals surface area (Å²) >= 11 is 0. The molecule has 4 heterocycles. The van der Waals surface area contributed by atoms with Crippen LogP contribution in [0.1, 0.15) is 54.9 Å². The summed E-state index contributed by atoms with van der Waals surface area (Å²) in [7, 11) is 1.97. The molecule has 148 valence electrons. The number of hydrogen-bond acceptors (Lipinski definition) is 6. The van der Waals surface area contributed by atoms with Crippen LogP contribution in [0, 0.1) is 13.8 Å². The van der Waals surface area contributed by atoms with E-state index in [0.29, 0.717) is 11.7 Å². The highest BCUT2D eigenvalue weighted by Crippen LogP contribution is 2.26. The van der Waals surface area contributed by atoms with E-state index in [0.717, 1.165) is 36.6 Å². The van der Waals surface area contributed by atoms with Crippen molar-refractivity contribution in [3.05, 3.63) is 41.2 Å². The van der Waals surface area contributed by atoms with Crippen LogP contribution in [0.4, 0.5) is 5.82 Å². The van der Waals surface area contributed by atoms with Gasteiger partial charge in [-0.1, -0.05) is 12.1 Å². The smallest absolute Gasteiger partial charge is 0.230 e. The minimum atomic E-state index is 0.128. The van der Waals surface area contributed by atoms with Crippen molar-refractivity contribution in [1.82, 2.24) is 24.9 Å². The van der Waals surface area contributed by atoms with Gasteiger partial charge in [0.05, 0.1) is 5.69 Å². The molecule has 0 bridgehead atoms. The standard InChI is InChI=1S/C21H28N6O/c1-14(12-18-15(2)24-26(4)16(18)3)21-23-20(25-28-21)17-8-9-19(22-13-17)27-10-6-5-7-11-27/h8-9,13-14H,5-7,10-12H2,1-4H3. The quantitative estimate of drug-likeness (QED) is 0.670. The second kappa shape index (κ2) is 7.73. The van der Waals surface area contributed by atoms with Gasteiger partial charge >= 0.3 is 0 Å². The van der Waals surface area contributed by atoms with Crippen LogP contribution in [-0.4, -0.2) is 38.0 Å². The van der Waals surface area contributed by atoms with Gasteiger partial charge in [0.15, 0.2) is 0 Å². The molecule has 1 unspecified atom stereocenters. The van der Waals surface area contributed by atoms with E-state index in [1.165, 1.54) is 30.5 Å². The first kappa shape index (κ1) is 18.7. The summed E-state index contributed by atoms with van der Waals surface area (Å²) in [4.78, 5) is 11.6. The Balaban J connectivity index is 1.47. The van der Waals surface area contributed by atoms with Crippen molar-refractivity contribution in [1.29, 1.82) is 0 Å². The molecule has 0 aliphatic carbocycles. The first-order valence-corrected chi connectivity index (χ1v) is 10.1. The number of piperidine rings is 1. The Bertz CT molecular complexity index is 936. The second-order valence-corrected chi connectivity index (χ2v) is 7.79. The first-order chi connectivity index (χ1) is 13.5. The van der Waals surface area contributed by atoms with Crippen molar-refractivity contribution in [2.75, 3.05) is 18.0 Å². The maximum Gasteiger partial charge on any atom is 0.230 e. The molecule has 0 saturated carbocycles. The maximum absolute atomic E-state index is 5.56. The van der Waals surface area contributed by atoms with Crippen molar-refractivity contribution in [2.45, 2.75) is 52.4 Å². The van der Waals surface area contributed by atoms with Crippen LogP contribution in [0.5, 0.6) is 0 Å². The molecule has 0 amide bonds. The molecule has 1 aliphatic rings. The first-order valence-electron chi connectivity index (χ1n) is 10.1. The molecule has 3 aromatic rings. The molecule has 1 atom stereocenters. The number of hydrogen-bond donors (Lipinski definition) is 0. The Labute approximate surface area is 165 Å². The van der Waals surface area contributed by atoms with Gasteiger partial charge in [-0.05, 0) is 57.2 Å². The molecular weight excluding hydrogens is 352 g/mol. The van der Waals surface area contributed by atoms with Crippen LogP contribution in [0.25, 0.3) is 11.4 Å². The van der Waals surface area contributed by atoms with E-state index in [9.17, 15) is 0 Å². The molecule has 4 rings (SSSR count). The molecule has 28 heavy (non-hydrogen) atoms. The van der Waals surface area contributed by atoms with E-state index in [1.54, 1.807) is 0 Å². The van der Waals surface area contributed by atoms with Gasteiger partial charge in [-0.3, -0.25) is 4.68 Å². The van der Waals surface area contributed by atoms with E-state index >= 15 is 0 Å². The topological polar surface area (TPSA) is 72.9 Å². The average molecular weight is 380 g/mol. The molecule has 1 fully saturated rings. The van der Waals surface area contributed by atoms with Gasteiger partial charge in [-0.2, -0.15) is 10.1 Å². The molecule has 0 N–H and O–H groups in total. The largest absolute Gasteiger partial charge is 0.357 e. The van der Waals surface area contributed by atoms with Crippen molar-refractivity contribution in [3.63, 3.8) is 0 Å². The Morgan fingerprint density at radius 3 is 2.57 bits per heavy atom. The summed E-state index contributed by atoms with van der Waals surface area (Å²) in [5.41, 5.74) is 4.38. The number of aryl methyl sites for hydroxylation is 2. The third-order valence-electron chi connectivity index (χ3n) is 5.72. The Morgan fingerprint density at radius 2 is 1.93 bits per heavy atom. The van der Waals surface area contributed by atoms with Gasteiger partial charge < -0.3 is 9.42 Å². The van der Waals surface area contributed by atoms with Crippen LogP contribution < -0.4 is 4.90 Å². The maximum atomic E-state index is 5.56. The molecule has 0 aromatic carbocycles. The van der Waals surface area contributed by atoms with Gasteiger partial charge in [-0.15, -0.1) is 0 Å². The fourth-order valence-corrected chi connectivity index (χ4v) is 3.89. The molecule has 7 nitrogen and oxygen atoms in total. The third-order valence-corrected chi connectivity index (χ3v) is 5.72. The lowest BCUT2D eigenvalue weighted by molar-refractivity contribution is 0.358. The van der Waals surface area contributed by atoms with E-state index in [4.69, 9.17) is 4.52 Å². The van der Waals surface area contributed by atoms with Gasteiger partial charge in [0, 0.05) is 43.5 Å². The number of pyridine rings is 1. The lowest BCUT2D eigenvalue weighted by Crippen LogP contribution is -2.29. The molecule has 3 aromatic heterocycles. The SMILES string of the molecule is Cc1nn(C)c(C)c1CC(C)c1nc(-c2ccc(N3CCCCC3)nc2)no1. The lowest BCUT2D eigenvalue weighted by atomic mass is 9.99. The number of rotatable bonds is 5. The van der Waals surface area contributed by atoms with Gasteiger partial charge in [0.2, 0.25) is 11.7 Å². The van der Waals surface area contributed by atoms with Gasteiger partial charge in [0.25, 0.3) is 0 Å². The Hall–Kier alpha value is -2.70. The van der Waals surface area contributed by atoms with Gasteiger partial charge in [0.1, 0.15) is 5.82 Å². The fourth-order valence-electron chi connectivity index (χ4n) is 3.89. The molecule has 1 saturated heterocycles. The lowest BCUT2D eigenvalue weighted by Gasteiger charge is -2.27. The summed E-state index contributed by atoms with van der Waals surface area (Å²) in [6.07, 6.45) is 6.48. The zero-order valence-electron chi connectivity index (χ0n) is 17.1. The number of aromatic nitrogens is 5. The predicted molar refractivity (Wildman–Crippen MR) is 108 cm³/mol. The van der Waals surface area contributed by atoms with E-state index in [2.05, 4.69) is 45.0 Å². The van der Waals surface area contributed by atoms with E-state index < -0.39 is 0 Å². The monoisotopic (exact) mass is 380 g/mol. The van der Waals surface area contributed by atoms with Crippen LogP contribution in [0.15, 0.2) is 22.9 Å². The van der Waals surface area contributed by atoms with E-state index in [-0.39, 0.29) is 5.92 Å². The minimum Gasteiger partial charge on any atom is -0.357 e. The van der Waals surface area contributed by atoms with Gasteiger partial charge in [-0.25, -0.2) is 4.98 Å². The highest BCUT2D eigenvalue weighted by molar-refractivity contribution is 5.56. The normalized spacial score (nSPS) is 15.8. The van der Waals surface area contributed by atoms with Crippen molar-refractivity contribution in [3.8, 4) is 11.4 Å². The summed E-state index contributed by atoms with van der Waals surface area (Å²) in [6.45, 7) is 8.42. The van der Waals surface area contributed by atoms with Crippen LogP contribution in [0.3, 0.4) is 0 Å². The average Bonchev–Trinajstić information content (AvgIpc) is 3.30. The second-order valence-electron chi connectivity index (χ2n) is 7.79. The zero-order valence-corrected chi connectivity index (χ0v) is 17.1. The highest BCUT2D eigenvalue weighted by Gasteiger charge is 2.20. The minimum absolute atomic E-state index is 0.128. The van der Waals surface area contributed by atoms with E-state index in [1.807, 2.05) is 30.9 Å². The Morgan fingerprint density at radius 1 is 1.14 bits per heavy atom. The van der Waals surface area contributed by atoms with Crippen molar-refractivity contribution >= 4 is 5.82 Å². The number of anilines is 1. The highest BCUT2D eigenvalue weighted by atomic mass is 16.5. The third kappa shape index (κ3) is 3.66. The summed E-state index contributed by atoms with van der Waals surface area (Å²) in [6, 6.07) is 4.09. The predicted octanol–water partition coefficient (Wildman–Crippen LogP) is 3.82. The van der Waals surface area contributed by atoms with Crippen LogP contribution in [0.2, 0.25) is 0 Å².